The molecule has 0 aliphatic rings. The van der Waals surface area contributed by atoms with Crippen LogP contribution in [0.3, 0.4) is 0 Å². The van der Waals surface area contributed by atoms with Gasteiger partial charge in [-0.1, -0.05) is 29.8 Å². The van der Waals surface area contributed by atoms with Gasteiger partial charge in [0.2, 0.25) is 0 Å². The van der Waals surface area contributed by atoms with Gasteiger partial charge in [-0.25, -0.2) is 4.39 Å². The van der Waals surface area contributed by atoms with Crippen molar-refractivity contribution in [2.24, 2.45) is 0 Å². The molecule has 0 bridgehead atoms. The van der Waals surface area contributed by atoms with Crippen LogP contribution in [0.2, 0.25) is 5.02 Å². The number of alkyl halides is 2. The lowest BCUT2D eigenvalue weighted by Gasteiger charge is -2.08. The predicted molar refractivity (Wildman–Crippen MR) is 86.7 cm³/mol. The Hall–Kier alpha value is -2.98. The second kappa shape index (κ2) is 8.22. The maximum Gasteiger partial charge on any atom is 0.387 e. The highest BCUT2D eigenvalue weighted by Gasteiger charge is 2.13. The fourth-order valence-corrected chi connectivity index (χ4v) is 2.06. The Morgan fingerprint density at radius 3 is 2.64 bits per heavy atom. The molecule has 0 saturated heterocycles. The molecule has 0 spiro atoms. The van der Waals surface area contributed by atoms with Gasteiger partial charge in [0.25, 0.3) is 5.91 Å². The van der Waals surface area contributed by atoms with Crippen molar-refractivity contribution in [3.8, 4) is 11.8 Å². The third kappa shape index (κ3) is 4.99. The van der Waals surface area contributed by atoms with Crippen LogP contribution in [-0.4, -0.2) is 12.5 Å². The van der Waals surface area contributed by atoms with Gasteiger partial charge in [0.05, 0.1) is 5.02 Å². The molecule has 0 saturated carbocycles. The summed E-state index contributed by atoms with van der Waals surface area (Å²) in [5.74, 6) is -1.64. The van der Waals surface area contributed by atoms with Crippen molar-refractivity contribution in [1.29, 1.82) is 5.26 Å². The SMILES string of the molecule is N#C/C(=C\c1ccccc1OC(F)F)C(=O)Nc1ccc(F)c(Cl)c1. The summed E-state index contributed by atoms with van der Waals surface area (Å²) in [6.45, 7) is -3.05. The number of nitriles is 1. The molecule has 1 amide bonds. The molecule has 0 aliphatic heterocycles. The fraction of sp³-hybridized carbons (Fsp3) is 0.0588. The molecular formula is C17H10ClF3N2O2. The smallest absolute Gasteiger partial charge is 0.387 e. The third-order valence-corrected chi connectivity index (χ3v) is 3.27. The highest BCUT2D eigenvalue weighted by Crippen LogP contribution is 2.24. The van der Waals surface area contributed by atoms with Gasteiger partial charge in [0.1, 0.15) is 23.2 Å². The molecule has 0 radical (unpaired) electrons. The zero-order chi connectivity index (χ0) is 18.4. The number of hydrogen-bond donors (Lipinski definition) is 1. The Kier molecular flexibility index (Phi) is 6.03. The number of rotatable bonds is 5. The number of carbonyl (C=O) groups excluding carboxylic acids is 1. The summed E-state index contributed by atoms with van der Waals surface area (Å²) >= 11 is 5.62. The second-order valence-corrected chi connectivity index (χ2v) is 5.08. The van der Waals surface area contributed by atoms with Gasteiger partial charge in [0.15, 0.2) is 0 Å². The number of nitrogens with zero attached hydrogens (tertiary/aromatic N) is 1. The van der Waals surface area contributed by atoms with Gasteiger partial charge in [0, 0.05) is 11.3 Å². The summed E-state index contributed by atoms with van der Waals surface area (Å²) < 4.78 is 42.3. The van der Waals surface area contributed by atoms with Crippen LogP contribution in [0.5, 0.6) is 5.75 Å². The van der Waals surface area contributed by atoms with Gasteiger partial charge in [-0.05, 0) is 30.3 Å². The van der Waals surface area contributed by atoms with Crippen molar-refractivity contribution in [3.05, 3.63) is 64.4 Å². The van der Waals surface area contributed by atoms with Crippen LogP contribution >= 0.6 is 11.6 Å². The Morgan fingerprint density at radius 2 is 2.00 bits per heavy atom. The number of nitrogens with one attached hydrogen (secondary N) is 1. The van der Waals surface area contributed by atoms with Crippen LogP contribution in [-0.2, 0) is 4.79 Å². The van der Waals surface area contributed by atoms with Crippen molar-refractivity contribution < 1.29 is 22.7 Å². The van der Waals surface area contributed by atoms with Gasteiger partial charge < -0.3 is 10.1 Å². The van der Waals surface area contributed by atoms with Crippen molar-refractivity contribution in [2.75, 3.05) is 5.32 Å². The number of para-hydroxylation sites is 1. The van der Waals surface area contributed by atoms with Crippen LogP contribution in [0.15, 0.2) is 48.0 Å². The molecule has 2 rings (SSSR count). The van der Waals surface area contributed by atoms with Crippen molar-refractivity contribution in [1.82, 2.24) is 0 Å². The second-order valence-electron chi connectivity index (χ2n) is 4.67. The number of benzene rings is 2. The van der Waals surface area contributed by atoms with Crippen LogP contribution in [0, 0.1) is 17.1 Å². The van der Waals surface area contributed by atoms with E-state index in [1.54, 1.807) is 6.07 Å². The minimum atomic E-state index is -3.05. The van der Waals surface area contributed by atoms with E-state index in [1.165, 1.54) is 36.4 Å². The average molecular weight is 367 g/mol. The molecule has 0 heterocycles. The topological polar surface area (TPSA) is 62.1 Å². The first kappa shape index (κ1) is 18.4. The molecule has 0 aromatic heterocycles. The molecule has 2 aromatic carbocycles. The van der Waals surface area contributed by atoms with Crippen LogP contribution in [0.4, 0.5) is 18.9 Å². The summed E-state index contributed by atoms with van der Waals surface area (Å²) in [5.41, 5.74) is -0.0490. The Bertz CT molecular complexity index is 863. The summed E-state index contributed by atoms with van der Waals surface area (Å²) in [4.78, 5) is 12.2. The monoisotopic (exact) mass is 366 g/mol. The number of ether oxygens (including phenoxy) is 1. The molecule has 4 nitrogen and oxygen atoms in total. The molecule has 0 atom stereocenters. The highest BCUT2D eigenvalue weighted by atomic mass is 35.5. The van der Waals surface area contributed by atoms with E-state index in [4.69, 9.17) is 16.9 Å². The summed E-state index contributed by atoms with van der Waals surface area (Å²) in [5, 5.41) is 11.3. The summed E-state index contributed by atoms with van der Waals surface area (Å²) in [6.07, 6.45) is 1.11. The van der Waals surface area contributed by atoms with Crippen molar-refractivity contribution in [3.63, 3.8) is 0 Å². The number of hydrogen-bond acceptors (Lipinski definition) is 3. The average Bonchev–Trinajstić information content (AvgIpc) is 2.56. The molecule has 0 aliphatic carbocycles. The van der Waals surface area contributed by atoms with E-state index in [0.29, 0.717) is 0 Å². The van der Waals surface area contributed by atoms with Gasteiger partial charge in [-0.15, -0.1) is 0 Å². The van der Waals surface area contributed by atoms with E-state index >= 15 is 0 Å². The number of amides is 1. The molecule has 128 valence electrons. The molecule has 25 heavy (non-hydrogen) atoms. The predicted octanol–water partition coefficient (Wildman–Crippen LogP) is 4.63. The van der Waals surface area contributed by atoms with Crippen molar-refractivity contribution >= 4 is 29.3 Å². The first-order chi connectivity index (χ1) is 11.9. The maximum absolute atomic E-state index is 13.1. The Labute approximate surface area is 146 Å². The van der Waals surface area contributed by atoms with E-state index in [9.17, 15) is 18.0 Å². The third-order valence-electron chi connectivity index (χ3n) is 2.98. The van der Waals surface area contributed by atoms with E-state index in [2.05, 4.69) is 10.1 Å². The number of halogens is 4. The summed E-state index contributed by atoms with van der Waals surface area (Å²) in [6, 6.07) is 10.9. The van der Waals surface area contributed by atoms with Crippen LogP contribution in [0.1, 0.15) is 5.56 Å². The maximum atomic E-state index is 13.1. The Balaban J connectivity index is 2.27. The lowest BCUT2D eigenvalue weighted by Crippen LogP contribution is -2.13. The highest BCUT2D eigenvalue weighted by molar-refractivity contribution is 6.31. The van der Waals surface area contributed by atoms with Crippen molar-refractivity contribution in [2.45, 2.75) is 6.61 Å². The minimum absolute atomic E-state index is 0.131. The minimum Gasteiger partial charge on any atom is -0.434 e. The first-order valence-corrected chi connectivity index (χ1v) is 7.20. The standard InChI is InChI=1S/C17H10ClF3N2O2/c18-13-8-12(5-6-14(13)19)23-16(24)11(9-22)7-10-3-1-2-4-15(10)25-17(20)21/h1-8,17H,(H,23,24)/b11-7+. The zero-order valence-corrected chi connectivity index (χ0v) is 13.2. The Morgan fingerprint density at radius 1 is 1.28 bits per heavy atom. The largest absolute Gasteiger partial charge is 0.434 e. The van der Waals surface area contributed by atoms with E-state index in [-0.39, 0.29) is 27.6 Å². The molecule has 0 unspecified atom stereocenters. The fourth-order valence-electron chi connectivity index (χ4n) is 1.88. The van der Waals surface area contributed by atoms with Gasteiger partial charge >= 0.3 is 6.61 Å². The zero-order valence-electron chi connectivity index (χ0n) is 12.5. The number of carbonyl (C=O) groups is 1. The van der Waals surface area contributed by atoms with Gasteiger partial charge in [-0.3, -0.25) is 4.79 Å². The van der Waals surface area contributed by atoms with Crippen LogP contribution < -0.4 is 10.1 Å². The lowest BCUT2D eigenvalue weighted by molar-refractivity contribution is -0.112. The molecule has 2 aromatic rings. The molecule has 8 heteroatoms. The van der Waals surface area contributed by atoms with Gasteiger partial charge in [-0.2, -0.15) is 14.0 Å². The summed E-state index contributed by atoms with van der Waals surface area (Å²) in [7, 11) is 0. The lowest BCUT2D eigenvalue weighted by atomic mass is 10.1. The normalized spacial score (nSPS) is 11.1. The number of anilines is 1. The quantitative estimate of drug-likeness (QED) is 0.620. The molecule has 1 N–H and O–H groups in total. The van der Waals surface area contributed by atoms with E-state index in [1.807, 2.05) is 0 Å². The first-order valence-electron chi connectivity index (χ1n) is 6.82. The van der Waals surface area contributed by atoms with Crippen LogP contribution in [0.25, 0.3) is 6.08 Å². The molecular weight excluding hydrogens is 357 g/mol. The van der Waals surface area contributed by atoms with E-state index in [0.717, 1.165) is 12.1 Å². The van der Waals surface area contributed by atoms with E-state index < -0.39 is 18.3 Å². The molecule has 0 fully saturated rings.